The van der Waals surface area contributed by atoms with Crippen LogP contribution in [-0.4, -0.2) is 59.0 Å². The summed E-state index contributed by atoms with van der Waals surface area (Å²) in [7, 11) is 0. The van der Waals surface area contributed by atoms with E-state index in [1.54, 1.807) is 24.3 Å². The van der Waals surface area contributed by atoms with E-state index < -0.39 is 23.7 Å². The first-order chi connectivity index (χ1) is 19.0. The van der Waals surface area contributed by atoms with E-state index in [9.17, 15) is 23.1 Å². The number of carboxylic acid groups (broad SMARTS) is 1. The van der Waals surface area contributed by atoms with Gasteiger partial charge in [-0.25, -0.2) is 9.59 Å². The number of aliphatic carboxylic acids is 1. The van der Waals surface area contributed by atoms with Crippen LogP contribution in [0.3, 0.4) is 0 Å². The molecule has 1 atom stereocenters. The average molecular weight is 566 g/mol. The number of unbranched alkanes of at least 4 members (excludes halogenated alkanes) is 5. The van der Waals surface area contributed by atoms with Crippen molar-refractivity contribution in [2.24, 2.45) is 5.92 Å². The zero-order valence-corrected chi connectivity index (χ0v) is 23.4. The van der Waals surface area contributed by atoms with Gasteiger partial charge in [0.25, 0.3) is 0 Å². The molecule has 2 N–H and O–H groups in total. The van der Waals surface area contributed by atoms with E-state index in [1.165, 1.54) is 38.5 Å². The van der Waals surface area contributed by atoms with Crippen molar-refractivity contribution in [2.75, 3.05) is 19.6 Å². The Morgan fingerprint density at radius 3 is 1.60 bits per heavy atom. The third kappa shape index (κ3) is 9.93. The molecule has 3 aliphatic heterocycles. The quantitative estimate of drug-likeness (QED) is 0.265. The van der Waals surface area contributed by atoms with E-state index >= 15 is 0 Å². The normalized spacial score (nSPS) is 19.9. The second kappa shape index (κ2) is 16.4. The lowest BCUT2D eigenvalue weighted by Gasteiger charge is -2.44. The summed E-state index contributed by atoms with van der Waals surface area (Å²) in [6, 6.07) is 18.1. The minimum absolute atomic E-state index is 0.131. The second-order valence-corrected chi connectivity index (χ2v) is 10.2. The SMILES string of the molecule is CCCCCCCC.O=C(O)C(F)(F)F.O=C(O[C@H]1CN2CCC1CC2)C(O)(c1ccccc1)c1ccccc1. The van der Waals surface area contributed by atoms with Gasteiger partial charge in [-0.1, -0.05) is 113 Å². The molecule has 2 aromatic carbocycles. The number of piperidine rings is 3. The number of carbonyl (C=O) groups excluding carboxylic acids is 1. The molecule has 0 aromatic heterocycles. The van der Waals surface area contributed by atoms with Gasteiger partial charge in [0.05, 0.1) is 0 Å². The van der Waals surface area contributed by atoms with E-state index in [-0.39, 0.29) is 6.10 Å². The number of fused-ring (bicyclic) bond motifs is 3. The fourth-order valence-corrected chi connectivity index (χ4v) is 4.88. The summed E-state index contributed by atoms with van der Waals surface area (Å²) in [5.74, 6) is -2.93. The van der Waals surface area contributed by atoms with Gasteiger partial charge in [0, 0.05) is 6.54 Å². The van der Waals surface area contributed by atoms with Gasteiger partial charge in [-0.3, -0.25) is 4.90 Å². The minimum atomic E-state index is -5.08. The van der Waals surface area contributed by atoms with Crippen LogP contribution < -0.4 is 0 Å². The molecule has 9 heteroatoms. The van der Waals surface area contributed by atoms with Gasteiger partial charge < -0.3 is 14.9 Å². The number of nitrogens with zero attached hydrogens (tertiary/aromatic N) is 1. The van der Waals surface area contributed by atoms with E-state index in [1.807, 2.05) is 36.4 Å². The van der Waals surface area contributed by atoms with Crippen molar-refractivity contribution in [3.05, 3.63) is 71.8 Å². The minimum Gasteiger partial charge on any atom is -0.475 e. The van der Waals surface area contributed by atoms with Gasteiger partial charge in [-0.15, -0.1) is 0 Å². The van der Waals surface area contributed by atoms with Crippen LogP contribution in [0.25, 0.3) is 0 Å². The molecule has 0 aliphatic carbocycles. The van der Waals surface area contributed by atoms with Crippen molar-refractivity contribution in [2.45, 2.75) is 83.1 Å². The van der Waals surface area contributed by atoms with Crippen molar-refractivity contribution in [1.82, 2.24) is 4.90 Å². The summed E-state index contributed by atoms with van der Waals surface area (Å²) < 4.78 is 37.6. The van der Waals surface area contributed by atoms with E-state index in [2.05, 4.69) is 18.7 Å². The Morgan fingerprint density at radius 1 is 0.850 bits per heavy atom. The zero-order chi connectivity index (χ0) is 29.6. The summed E-state index contributed by atoms with van der Waals surface area (Å²) in [6.45, 7) is 7.45. The molecule has 2 bridgehead atoms. The fraction of sp³-hybridized carbons (Fsp3) is 0.548. The maximum absolute atomic E-state index is 13.1. The average Bonchev–Trinajstić information content (AvgIpc) is 2.96. The van der Waals surface area contributed by atoms with E-state index in [0.717, 1.165) is 32.5 Å². The first-order valence-electron chi connectivity index (χ1n) is 14.1. The molecule has 3 fully saturated rings. The molecule has 0 radical (unpaired) electrons. The molecule has 0 spiro atoms. The van der Waals surface area contributed by atoms with Crippen LogP contribution in [0.1, 0.15) is 76.3 Å². The topological polar surface area (TPSA) is 87.1 Å². The van der Waals surface area contributed by atoms with Crippen molar-refractivity contribution in [1.29, 1.82) is 0 Å². The van der Waals surface area contributed by atoms with Crippen LogP contribution in [0.2, 0.25) is 0 Å². The number of alkyl halides is 3. The lowest BCUT2D eigenvalue weighted by Crippen LogP contribution is -2.53. The number of hydrogen-bond acceptors (Lipinski definition) is 5. The van der Waals surface area contributed by atoms with E-state index in [4.69, 9.17) is 14.6 Å². The lowest BCUT2D eigenvalue weighted by molar-refractivity contribution is -0.192. The summed E-state index contributed by atoms with van der Waals surface area (Å²) in [6.07, 6.45) is 5.40. The van der Waals surface area contributed by atoms with Gasteiger partial charge in [0.15, 0.2) is 0 Å². The van der Waals surface area contributed by atoms with Gasteiger partial charge in [0.2, 0.25) is 5.60 Å². The highest BCUT2D eigenvalue weighted by Crippen LogP contribution is 2.35. The molecule has 3 saturated heterocycles. The molecule has 5 rings (SSSR count). The maximum Gasteiger partial charge on any atom is 0.490 e. The highest BCUT2D eigenvalue weighted by molar-refractivity contribution is 5.85. The van der Waals surface area contributed by atoms with Crippen molar-refractivity contribution >= 4 is 11.9 Å². The van der Waals surface area contributed by atoms with Crippen LogP contribution >= 0.6 is 0 Å². The smallest absolute Gasteiger partial charge is 0.475 e. The highest BCUT2D eigenvalue weighted by Gasteiger charge is 2.45. The van der Waals surface area contributed by atoms with Gasteiger partial charge >= 0.3 is 18.1 Å². The van der Waals surface area contributed by atoms with Crippen LogP contribution in [0, 0.1) is 5.92 Å². The van der Waals surface area contributed by atoms with Crippen LogP contribution in [0.15, 0.2) is 60.7 Å². The number of carbonyl (C=O) groups is 2. The molecule has 6 nitrogen and oxygen atoms in total. The first-order valence-corrected chi connectivity index (χ1v) is 14.1. The lowest BCUT2D eigenvalue weighted by atomic mass is 9.84. The number of benzene rings is 2. The van der Waals surface area contributed by atoms with E-state index in [0.29, 0.717) is 17.0 Å². The fourth-order valence-electron chi connectivity index (χ4n) is 4.88. The summed E-state index contributed by atoms with van der Waals surface area (Å²) in [5.41, 5.74) is -0.714. The summed E-state index contributed by atoms with van der Waals surface area (Å²) in [5, 5.41) is 18.6. The van der Waals surface area contributed by atoms with Gasteiger partial charge in [-0.05, 0) is 43.0 Å². The molecule has 0 amide bonds. The zero-order valence-electron chi connectivity index (χ0n) is 23.4. The second-order valence-electron chi connectivity index (χ2n) is 10.2. The number of ether oxygens (including phenoxy) is 1. The Kier molecular flexibility index (Phi) is 13.6. The predicted molar refractivity (Wildman–Crippen MR) is 148 cm³/mol. The highest BCUT2D eigenvalue weighted by atomic mass is 19.4. The molecule has 40 heavy (non-hydrogen) atoms. The van der Waals surface area contributed by atoms with Gasteiger partial charge in [-0.2, -0.15) is 13.2 Å². The predicted octanol–water partition coefficient (Wildman–Crippen LogP) is 6.56. The standard InChI is InChI=1S/C21H23NO3.C8H18.C2HF3O2/c23-20(25-19-15-22-13-11-16(19)12-14-22)21(24,17-7-3-1-4-8-17)18-9-5-2-6-10-18;1-3-5-7-8-6-4-2;3-2(4,5)1(6)7/h1-10,16,19,24H,11-15H2;3-8H2,1-2H3;(H,6,7)/t19-;;/m0../s1. The molecule has 3 heterocycles. The molecule has 0 saturated carbocycles. The first kappa shape index (κ1) is 33.3. The molecular formula is C31H42F3NO5. The Morgan fingerprint density at radius 2 is 1.27 bits per heavy atom. The van der Waals surface area contributed by atoms with Crippen LogP contribution in [-0.2, 0) is 19.9 Å². The van der Waals surface area contributed by atoms with Crippen LogP contribution in [0.4, 0.5) is 13.2 Å². The van der Waals surface area contributed by atoms with Crippen molar-refractivity contribution in [3.63, 3.8) is 0 Å². The van der Waals surface area contributed by atoms with Crippen LogP contribution in [0.5, 0.6) is 0 Å². The monoisotopic (exact) mass is 565 g/mol. The molecule has 0 unspecified atom stereocenters. The number of hydrogen-bond donors (Lipinski definition) is 2. The summed E-state index contributed by atoms with van der Waals surface area (Å²) in [4.78, 5) is 24.4. The number of carboxylic acids is 1. The third-order valence-electron chi connectivity index (χ3n) is 7.23. The summed E-state index contributed by atoms with van der Waals surface area (Å²) >= 11 is 0. The number of esters is 1. The Hall–Kier alpha value is -2.91. The molecule has 222 valence electrons. The molecule has 3 aliphatic rings. The number of aliphatic hydroxyl groups is 1. The third-order valence-corrected chi connectivity index (χ3v) is 7.23. The van der Waals surface area contributed by atoms with Crippen molar-refractivity contribution in [3.8, 4) is 0 Å². The number of rotatable bonds is 9. The number of halogens is 3. The Labute approximate surface area is 235 Å². The van der Waals surface area contributed by atoms with Gasteiger partial charge in [0.1, 0.15) is 6.10 Å². The molecular weight excluding hydrogens is 523 g/mol. The molecule has 2 aromatic rings. The maximum atomic E-state index is 13.1. The van der Waals surface area contributed by atoms with Crippen molar-refractivity contribution < 1.29 is 37.7 Å². The Bertz CT molecular complexity index is 963. The largest absolute Gasteiger partial charge is 0.490 e. The Balaban J connectivity index is 0.000000310.